The Labute approximate surface area is 320 Å². The lowest BCUT2D eigenvalue weighted by Gasteiger charge is -2.24. The van der Waals surface area contributed by atoms with E-state index in [0.29, 0.717) is 53.7 Å². The molecular weight excluding hydrogens is 720 g/mol. The predicted molar refractivity (Wildman–Crippen MR) is 210 cm³/mol. The Bertz CT molecular complexity index is 2110. The molecule has 4 aromatic rings. The molecule has 16 nitrogen and oxygen atoms in total. The van der Waals surface area contributed by atoms with Crippen LogP contribution in [-0.2, 0) is 20.4 Å². The van der Waals surface area contributed by atoms with E-state index in [-0.39, 0.29) is 40.1 Å². The van der Waals surface area contributed by atoms with Crippen molar-refractivity contribution >= 4 is 57.8 Å². The highest BCUT2D eigenvalue weighted by Crippen LogP contribution is 2.48. The number of nitrogens with one attached hydrogen (secondary N) is 4. The maximum absolute atomic E-state index is 12.7. The van der Waals surface area contributed by atoms with E-state index in [1.54, 1.807) is 36.4 Å². The van der Waals surface area contributed by atoms with Crippen LogP contribution in [0.15, 0.2) is 124 Å². The lowest BCUT2D eigenvalue weighted by molar-refractivity contribution is -0.384. The van der Waals surface area contributed by atoms with Crippen molar-refractivity contribution < 1.29 is 29.0 Å². The van der Waals surface area contributed by atoms with Gasteiger partial charge in [0, 0.05) is 53.9 Å². The molecule has 2 aliphatic rings. The summed E-state index contributed by atoms with van der Waals surface area (Å²) in [6.07, 6.45) is 13.4. The molecule has 0 aliphatic carbocycles. The molecule has 284 valence electrons. The van der Waals surface area contributed by atoms with Crippen LogP contribution in [0.4, 0.5) is 34.1 Å². The van der Waals surface area contributed by atoms with Gasteiger partial charge in [-0.15, -0.1) is 26.3 Å². The van der Waals surface area contributed by atoms with Crippen LogP contribution >= 0.6 is 0 Å². The quantitative estimate of drug-likeness (QED) is 0.0576. The molecule has 0 unspecified atom stereocenters. The van der Waals surface area contributed by atoms with Gasteiger partial charge >= 0.3 is 0 Å². The van der Waals surface area contributed by atoms with E-state index in [4.69, 9.17) is 0 Å². The summed E-state index contributed by atoms with van der Waals surface area (Å²) >= 11 is 0. The molecule has 56 heavy (non-hydrogen) atoms. The van der Waals surface area contributed by atoms with Crippen LogP contribution in [0.3, 0.4) is 0 Å². The Morgan fingerprint density at radius 2 is 1.09 bits per heavy atom. The van der Waals surface area contributed by atoms with Gasteiger partial charge in [-0.05, 0) is 73.2 Å². The maximum Gasteiger partial charge on any atom is 0.293 e. The van der Waals surface area contributed by atoms with Crippen LogP contribution in [0.25, 0.3) is 0 Å². The molecule has 4 N–H and O–H groups in total. The standard InChI is InChI=1S/2C20H18N4O4/c1-3-7-20(8-4-2)14-11-17(24(27)28)16(12-15(14)23-19(20)26)22-18(25)13-5-9-21-10-6-13;1-3-7-20(8-4-2)14-10-17(24(27)28)16(11-15(14)23-19(20)26)22-18(25)13-6-5-9-21-12-13/h2*3-6,9-12H,1-2,7-8H2,(H,22,25)(H,23,26). The van der Waals surface area contributed by atoms with Gasteiger partial charge in [0.15, 0.2) is 0 Å². The minimum absolute atomic E-state index is 0.00105. The van der Waals surface area contributed by atoms with Gasteiger partial charge < -0.3 is 21.3 Å². The van der Waals surface area contributed by atoms with Crippen molar-refractivity contribution in [1.82, 2.24) is 9.97 Å². The fourth-order valence-electron chi connectivity index (χ4n) is 6.76. The number of rotatable bonds is 14. The average molecular weight is 757 g/mol. The number of nitro groups is 2. The van der Waals surface area contributed by atoms with Gasteiger partial charge in [-0.2, -0.15) is 0 Å². The molecule has 6 rings (SSSR count). The first-order chi connectivity index (χ1) is 26.8. The summed E-state index contributed by atoms with van der Waals surface area (Å²) < 4.78 is 0. The monoisotopic (exact) mass is 756 g/mol. The number of pyridine rings is 2. The number of allylic oxidation sites excluding steroid dienone is 4. The summed E-state index contributed by atoms with van der Waals surface area (Å²) in [5, 5.41) is 33.9. The molecule has 0 atom stereocenters. The summed E-state index contributed by atoms with van der Waals surface area (Å²) in [5.41, 5.74) is -0.230. The summed E-state index contributed by atoms with van der Waals surface area (Å²) in [5.74, 6) is -1.62. The molecule has 4 amide bonds. The summed E-state index contributed by atoms with van der Waals surface area (Å²) in [6.45, 7) is 14.8. The van der Waals surface area contributed by atoms with E-state index in [0.717, 1.165) is 0 Å². The molecule has 2 aliphatic heterocycles. The molecule has 2 aromatic carbocycles. The van der Waals surface area contributed by atoms with Crippen LogP contribution < -0.4 is 21.3 Å². The number of carbonyl (C=O) groups is 4. The number of nitro benzene ring substituents is 2. The highest BCUT2D eigenvalue weighted by Gasteiger charge is 2.47. The van der Waals surface area contributed by atoms with Gasteiger partial charge in [0.1, 0.15) is 11.4 Å². The molecule has 0 fully saturated rings. The number of carbonyl (C=O) groups excluding carboxylic acids is 4. The molecule has 16 heteroatoms. The normalized spacial score (nSPS) is 13.9. The third-order valence-corrected chi connectivity index (χ3v) is 9.40. The first-order valence-electron chi connectivity index (χ1n) is 17.0. The average Bonchev–Trinajstić information content (AvgIpc) is 3.59. The van der Waals surface area contributed by atoms with Crippen LogP contribution in [0.5, 0.6) is 0 Å². The number of hydrogen-bond donors (Lipinski definition) is 4. The first-order valence-corrected chi connectivity index (χ1v) is 17.0. The van der Waals surface area contributed by atoms with E-state index in [9.17, 15) is 39.4 Å². The Hall–Kier alpha value is -7.62. The van der Waals surface area contributed by atoms with Gasteiger partial charge in [-0.3, -0.25) is 49.4 Å². The molecule has 0 spiro atoms. The second-order valence-electron chi connectivity index (χ2n) is 12.8. The number of anilines is 4. The van der Waals surface area contributed by atoms with E-state index in [1.165, 1.54) is 61.2 Å². The van der Waals surface area contributed by atoms with Gasteiger partial charge in [-0.25, -0.2) is 0 Å². The van der Waals surface area contributed by atoms with Crippen LogP contribution in [0.1, 0.15) is 57.5 Å². The fraction of sp³-hybridized carbons (Fsp3) is 0.150. The summed E-state index contributed by atoms with van der Waals surface area (Å²) in [4.78, 5) is 80.0. The van der Waals surface area contributed by atoms with Crippen LogP contribution in [0, 0.1) is 20.2 Å². The van der Waals surface area contributed by atoms with E-state index in [2.05, 4.69) is 57.6 Å². The smallest absolute Gasteiger partial charge is 0.293 e. The minimum atomic E-state index is -1.00. The SMILES string of the molecule is C=CCC1(CC=C)C(=O)Nc2cc(NC(=O)c3cccnc3)c([N+](=O)[O-])cc21.C=CCC1(CC=C)C(=O)Nc2cc(NC(=O)c3ccncc3)c([N+](=O)[O-])cc21. The van der Waals surface area contributed by atoms with Crippen molar-refractivity contribution in [3.05, 3.63) is 166 Å². The Kier molecular flexibility index (Phi) is 11.7. The third-order valence-electron chi connectivity index (χ3n) is 9.40. The van der Waals surface area contributed by atoms with Gasteiger partial charge in [0.05, 0.1) is 26.2 Å². The Morgan fingerprint density at radius 1 is 0.661 bits per heavy atom. The zero-order valence-corrected chi connectivity index (χ0v) is 29.9. The lowest BCUT2D eigenvalue weighted by atomic mass is 9.75. The number of aromatic nitrogens is 2. The van der Waals surface area contributed by atoms with Gasteiger partial charge in [0.25, 0.3) is 23.2 Å². The van der Waals surface area contributed by atoms with Crippen LogP contribution in [-0.4, -0.2) is 43.4 Å². The first kappa shape index (κ1) is 39.6. The molecule has 0 bridgehead atoms. The Morgan fingerprint density at radius 3 is 1.46 bits per heavy atom. The van der Waals surface area contributed by atoms with E-state index >= 15 is 0 Å². The van der Waals surface area contributed by atoms with Crippen molar-refractivity contribution in [2.45, 2.75) is 36.5 Å². The number of amides is 4. The molecule has 0 saturated heterocycles. The van der Waals surface area contributed by atoms with Crippen LogP contribution in [0.2, 0.25) is 0 Å². The van der Waals surface area contributed by atoms with E-state index in [1.807, 2.05) is 0 Å². The number of hydrogen-bond acceptors (Lipinski definition) is 10. The molecule has 0 radical (unpaired) electrons. The van der Waals surface area contributed by atoms with Crippen molar-refractivity contribution in [2.75, 3.05) is 21.3 Å². The molecule has 2 aromatic heterocycles. The molecule has 0 saturated carbocycles. The molecular formula is C40H36N8O8. The second kappa shape index (κ2) is 16.6. The van der Waals surface area contributed by atoms with Crippen molar-refractivity contribution in [1.29, 1.82) is 0 Å². The minimum Gasteiger partial charge on any atom is -0.325 e. The van der Waals surface area contributed by atoms with E-state index < -0.39 is 32.5 Å². The zero-order chi connectivity index (χ0) is 40.6. The zero-order valence-electron chi connectivity index (χ0n) is 29.9. The largest absolute Gasteiger partial charge is 0.325 e. The number of fused-ring (bicyclic) bond motifs is 2. The number of benzene rings is 2. The topological polar surface area (TPSA) is 228 Å². The fourth-order valence-corrected chi connectivity index (χ4v) is 6.76. The van der Waals surface area contributed by atoms with Crippen molar-refractivity contribution in [3.63, 3.8) is 0 Å². The predicted octanol–water partition coefficient (Wildman–Crippen LogP) is 7.17. The van der Waals surface area contributed by atoms with Crippen molar-refractivity contribution in [2.24, 2.45) is 0 Å². The maximum atomic E-state index is 12.7. The third kappa shape index (κ3) is 7.56. The van der Waals surface area contributed by atoms with Crippen molar-refractivity contribution in [3.8, 4) is 0 Å². The highest BCUT2D eigenvalue weighted by molar-refractivity contribution is 6.11. The lowest BCUT2D eigenvalue weighted by Crippen LogP contribution is -2.33. The summed E-state index contributed by atoms with van der Waals surface area (Å²) in [6, 6.07) is 11.6. The molecule has 4 heterocycles. The Balaban J connectivity index is 0.000000214. The van der Waals surface area contributed by atoms with Gasteiger partial charge in [0.2, 0.25) is 11.8 Å². The summed E-state index contributed by atoms with van der Waals surface area (Å²) in [7, 11) is 0. The van der Waals surface area contributed by atoms with Gasteiger partial charge in [-0.1, -0.05) is 24.3 Å². The second-order valence-corrected chi connectivity index (χ2v) is 12.8. The highest BCUT2D eigenvalue weighted by atomic mass is 16.6. The number of nitrogens with zero attached hydrogens (tertiary/aromatic N) is 4.